The summed E-state index contributed by atoms with van der Waals surface area (Å²) in [6.45, 7) is 6.42. The molecule has 0 aromatic heterocycles. The molecule has 1 aliphatic rings. The van der Waals surface area contributed by atoms with Crippen molar-refractivity contribution in [3.05, 3.63) is 47.0 Å². The third kappa shape index (κ3) is 1.49. The lowest BCUT2D eigenvalue weighted by Crippen LogP contribution is -2.16. The van der Waals surface area contributed by atoms with Gasteiger partial charge in [0.15, 0.2) is 0 Å². The van der Waals surface area contributed by atoms with E-state index in [0.29, 0.717) is 5.75 Å². The molecular formula is C17H18O2. The monoisotopic (exact) mass is 254 g/mol. The smallest absolute Gasteiger partial charge is 0.123 e. The summed E-state index contributed by atoms with van der Waals surface area (Å²) >= 11 is 0. The topological polar surface area (TPSA) is 29.5 Å². The number of aromatic hydroxyl groups is 1. The summed E-state index contributed by atoms with van der Waals surface area (Å²) < 4.78 is 5.50. The fraction of sp³-hybridized carbons (Fsp3) is 0.294. The predicted molar refractivity (Wildman–Crippen MR) is 77.0 cm³/mol. The number of fused-ring (bicyclic) bond motifs is 3. The largest absolute Gasteiger partial charge is 0.507 e. The maximum Gasteiger partial charge on any atom is 0.123 e. The van der Waals surface area contributed by atoms with Crippen LogP contribution in [0.15, 0.2) is 30.3 Å². The molecule has 0 saturated carbocycles. The lowest BCUT2D eigenvalue weighted by Gasteiger charge is -2.23. The van der Waals surface area contributed by atoms with Crippen LogP contribution in [-0.2, 0) is 5.41 Å². The van der Waals surface area contributed by atoms with Crippen LogP contribution in [0.1, 0.15) is 30.5 Å². The molecule has 0 aliphatic heterocycles. The van der Waals surface area contributed by atoms with Gasteiger partial charge >= 0.3 is 0 Å². The molecule has 2 aromatic rings. The second-order valence-corrected chi connectivity index (χ2v) is 5.71. The molecule has 0 saturated heterocycles. The Morgan fingerprint density at radius 1 is 1.11 bits per heavy atom. The zero-order valence-electron chi connectivity index (χ0n) is 11.7. The molecule has 2 aromatic carbocycles. The number of aryl methyl sites for hydroxylation is 1. The second kappa shape index (κ2) is 3.77. The van der Waals surface area contributed by atoms with Gasteiger partial charge in [0.05, 0.1) is 7.11 Å². The van der Waals surface area contributed by atoms with Gasteiger partial charge in [-0.3, -0.25) is 0 Å². The number of phenolic OH excluding ortho intramolecular Hbond substituents is 1. The minimum Gasteiger partial charge on any atom is -0.507 e. The molecule has 1 N–H and O–H groups in total. The van der Waals surface area contributed by atoms with E-state index in [9.17, 15) is 5.11 Å². The van der Waals surface area contributed by atoms with E-state index < -0.39 is 0 Å². The fourth-order valence-corrected chi connectivity index (χ4v) is 3.18. The van der Waals surface area contributed by atoms with Gasteiger partial charge in [0.25, 0.3) is 0 Å². The van der Waals surface area contributed by atoms with Crippen LogP contribution in [0.4, 0.5) is 0 Å². The summed E-state index contributed by atoms with van der Waals surface area (Å²) in [7, 11) is 1.68. The molecule has 0 spiro atoms. The average molecular weight is 254 g/mol. The second-order valence-electron chi connectivity index (χ2n) is 5.71. The van der Waals surface area contributed by atoms with Gasteiger partial charge in [-0.1, -0.05) is 37.6 Å². The van der Waals surface area contributed by atoms with Crippen molar-refractivity contribution >= 4 is 0 Å². The van der Waals surface area contributed by atoms with Crippen molar-refractivity contribution in [1.29, 1.82) is 0 Å². The lowest BCUT2D eigenvalue weighted by molar-refractivity contribution is 0.400. The van der Waals surface area contributed by atoms with Gasteiger partial charge in [-0.15, -0.1) is 0 Å². The van der Waals surface area contributed by atoms with Crippen molar-refractivity contribution in [3.63, 3.8) is 0 Å². The summed E-state index contributed by atoms with van der Waals surface area (Å²) in [6, 6.07) is 9.97. The zero-order chi connectivity index (χ0) is 13.8. The first kappa shape index (κ1) is 12.1. The van der Waals surface area contributed by atoms with Gasteiger partial charge in [-0.2, -0.15) is 0 Å². The third-order valence-electron chi connectivity index (χ3n) is 4.11. The van der Waals surface area contributed by atoms with Crippen LogP contribution in [0.2, 0.25) is 0 Å². The van der Waals surface area contributed by atoms with Gasteiger partial charge in [-0.25, -0.2) is 0 Å². The Kier molecular flexibility index (Phi) is 2.40. The molecule has 0 atom stereocenters. The van der Waals surface area contributed by atoms with Crippen LogP contribution in [0, 0.1) is 6.92 Å². The minimum absolute atomic E-state index is 0.150. The van der Waals surface area contributed by atoms with Crippen LogP contribution in [-0.4, -0.2) is 12.2 Å². The average Bonchev–Trinajstić information content (AvgIpc) is 2.60. The van der Waals surface area contributed by atoms with E-state index in [4.69, 9.17) is 4.74 Å². The van der Waals surface area contributed by atoms with Crippen LogP contribution in [0.25, 0.3) is 11.1 Å². The normalized spacial score (nSPS) is 14.9. The Labute approximate surface area is 113 Å². The minimum atomic E-state index is -0.150. The number of rotatable bonds is 1. The highest BCUT2D eigenvalue weighted by atomic mass is 16.5. The van der Waals surface area contributed by atoms with Crippen molar-refractivity contribution < 1.29 is 9.84 Å². The van der Waals surface area contributed by atoms with E-state index in [2.05, 4.69) is 39.0 Å². The number of methoxy groups -OCH3 is 1. The summed E-state index contributed by atoms with van der Waals surface area (Å²) in [5.41, 5.74) is 5.41. The summed E-state index contributed by atoms with van der Waals surface area (Å²) in [4.78, 5) is 0. The molecule has 1 aliphatic carbocycles. The highest BCUT2D eigenvalue weighted by molar-refractivity contribution is 5.87. The first-order valence-corrected chi connectivity index (χ1v) is 6.48. The van der Waals surface area contributed by atoms with Crippen molar-refractivity contribution in [2.75, 3.05) is 7.11 Å². The molecular weight excluding hydrogens is 236 g/mol. The van der Waals surface area contributed by atoms with Crippen LogP contribution in [0.3, 0.4) is 0 Å². The molecule has 0 bridgehead atoms. The number of benzene rings is 2. The Morgan fingerprint density at radius 3 is 2.53 bits per heavy atom. The molecule has 0 heterocycles. The highest BCUT2D eigenvalue weighted by Gasteiger charge is 2.39. The Hall–Kier alpha value is -1.96. The number of hydrogen-bond acceptors (Lipinski definition) is 2. The number of phenols is 1. The maximum atomic E-state index is 10.3. The summed E-state index contributed by atoms with van der Waals surface area (Å²) in [5.74, 6) is 1.17. The van der Waals surface area contributed by atoms with Crippen LogP contribution < -0.4 is 4.74 Å². The summed E-state index contributed by atoms with van der Waals surface area (Å²) in [6.07, 6.45) is 0. The Balaban J connectivity index is 2.44. The van der Waals surface area contributed by atoms with Crippen molar-refractivity contribution in [3.8, 4) is 22.6 Å². The molecule has 3 rings (SSSR count). The van der Waals surface area contributed by atoms with E-state index in [-0.39, 0.29) is 5.41 Å². The van der Waals surface area contributed by atoms with Crippen molar-refractivity contribution in [2.45, 2.75) is 26.2 Å². The van der Waals surface area contributed by atoms with Gasteiger partial charge in [0, 0.05) is 16.5 Å². The molecule has 2 nitrogen and oxygen atoms in total. The zero-order valence-corrected chi connectivity index (χ0v) is 11.7. The third-order valence-corrected chi connectivity index (χ3v) is 4.11. The molecule has 2 heteroatoms. The van der Waals surface area contributed by atoms with E-state index in [0.717, 1.165) is 22.4 Å². The number of hydrogen-bond donors (Lipinski definition) is 1. The van der Waals surface area contributed by atoms with Crippen LogP contribution in [0.5, 0.6) is 11.5 Å². The highest BCUT2D eigenvalue weighted by Crippen LogP contribution is 2.55. The molecule has 0 fully saturated rings. The van der Waals surface area contributed by atoms with Gasteiger partial charge in [-0.05, 0) is 30.2 Å². The maximum absolute atomic E-state index is 10.3. The van der Waals surface area contributed by atoms with E-state index in [1.54, 1.807) is 13.2 Å². The Morgan fingerprint density at radius 2 is 1.84 bits per heavy atom. The predicted octanol–water partition coefficient (Wildman–Crippen LogP) is 4.02. The quantitative estimate of drug-likeness (QED) is 0.833. The van der Waals surface area contributed by atoms with Gasteiger partial charge in [0.1, 0.15) is 11.5 Å². The molecule has 19 heavy (non-hydrogen) atoms. The van der Waals surface area contributed by atoms with Crippen molar-refractivity contribution in [2.24, 2.45) is 0 Å². The first-order valence-electron chi connectivity index (χ1n) is 6.48. The first-order chi connectivity index (χ1) is 8.96. The van der Waals surface area contributed by atoms with E-state index in [1.165, 1.54) is 11.1 Å². The standard InChI is InChI=1S/C17H18O2/c1-10-5-6-12-11(9-10)15-13(18)7-8-14(19-4)16(15)17(12,2)3/h5-9,18H,1-4H3. The van der Waals surface area contributed by atoms with E-state index >= 15 is 0 Å². The van der Waals surface area contributed by atoms with Gasteiger partial charge in [0.2, 0.25) is 0 Å². The van der Waals surface area contributed by atoms with Gasteiger partial charge < -0.3 is 9.84 Å². The van der Waals surface area contributed by atoms with Crippen molar-refractivity contribution in [1.82, 2.24) is 0 Å². The van der Waals surface area contributed by atoms with E-state index in [1.807, 2.05) is 6.07 Å². The Bertz CT molecular complexity index is 669. The lowest BCUT2D eigenvalue weighted by atomic mass is 9.82. The molecule has 0 radical (unpaired) electrons. The van der Waals surface area contributed by atoms with Crippen LogP contribution >= 0.6 is 0 Å². The fourth-order valence-electron chi connectivity index (χ4n) is 3.18. The molecule has 0 unspecified atom stereocenters. The molecule has 0 amide bonds. The molecule has 98 valence electrons. The summed E-state index contributed by atoms with van der Waals surface area (Å²) in [5, 5.41) is 10.3. The number of ether oxygens (including phenoxy) is 1. The SMILES string of the molecule is COc1ccc(O)c2c1C(C)(C)c1ccc(C)cc1-2.